The summed E-state index contributed by atoms with van der Waals surface area (Å²) in [7, 11) is 0. The zero-order valence-electron chi connectivity index (χ0n) is 18.5. The van der Waals surface area contributed by atoms with E-state index in [0.717, 1.165) is 43.3 Å². The topological polar surface area (TPSA) is 69.6 Å². The van der Waals surface area contributed by atoms with Crippen LogP contribution in [-0.2, 0) is 9.59 Å². The Hall–Kier alpha value is -2.18. The molecule has 3 rings (SSSR count). The summed E-state index contributed by atoms with van der Waals surface area (Å²) in [4.78, 5) is 40.8. The van der Waals surface area contributed by atoms with E-state index in [-0.39, 0.29) is 29.7 Å². The lowest BCUT2D eigenvalue weighted by atomic mass is 10.1. The number of anilines is 1. The molecule has 1 unspecified atom stereocenters. The normalized spacial score (nSPS) is 20.3. The Morgan fingerprint density at radius 3 is 2.38 bits per heavy atom. The summed E-state index contributed by atoms with van der Waals surface area (Å²) in [6, 6.07) is 2.28. The number of hydrogen-bond donors (Lipinski definition) is 0. The van der Waals surface area contributed by atoms with Gasteiger partial charge >= 0.3 is 0 Å². The molecule has 2 fully saturated rings. The van der Waals surface area contributed by atoms with E-state index in [1.54, 1.807) is 0 Å². The highest BCUT2D eigenvalue weighted by molar-refractivity contribution is 5.89. The first-order valence-electron chi connectivity index (χ1n) is 11.0. The maximum absolute atomic E-state index is 13.0. The van der Waals surface area contributed by atoms with E-state index in [0.29, 0.717) is 26.1 Å². The maximum Gasteiger partial charge on any atom is 0.228 e. The first-order chi connectivity index (χ1) is 13.8. The van der Waals surface area contributed by atoms with Crippen LogP contribution in [0.5, 0.6) is 0 Å². The third kappa shape index (κ3) is 4.70. The predicted molar refractivity (Wildman–Crippen MR) is 114 cm³/mol. The van der Waals surface area contributed by atoms with E-state index in [1.165, 1.54) is 0 Å². The molecule has 0 aromatic carbocycles. The van der Waals surface area contributed by atoms with Crippen molar-refractivity contribution in [1.82, 2.24) is 19.8 Å². The number of aryl methyl sites for hydroxylation is 1. The molecule has 160 valence electrons. The second-order valence-electron chi connectivity index (χ2n) is 8.61. The fourth-order valence-electron chi connectivity index (χ4n) is 4.39. The van der Waals surface area contributed by atoms with Gasteiger partial charge in [0, 0.05) is 62.9 Å². The second-order valence-corrected chi connectivity index (χ2v) is 8.61. The van der Waals surface area contributed by atoms with Gasteiger partial charge in [0.2, 0.25) is 11.8 Å². The second kappa shape index (κ2) is 9.09. The minimum Gasteiger partial charge on any atom is -0.353 e. The third-order valence-corrected chi connectivity index (χ3v) is 6.18. The summed E-state index contributed by atoms with van der Waals surface area (Å²) in [5, 5.41) is 0. The summed E-state index contributed by atoms with van der Waals surface area (Å²) >= 11 is 0. The molecule has 1 aromatic heterocycles. The van der Waals surface area contributed by atoms with Crippen LogP contribution in [0.3, 0.4) is 0 Å². The molecular weight excluding hydrogens is 366 g/mol. The maximum atomic E-state index is 13.0. The third-order valence-electron chi connectivity index (χ3n) is 6.18. The summed E-state index contributed by atoms with van der Waals surface area (Å²) in [5.41, 5.74) is 0.975. The highest BCUT2D eigenvalue weighted by atomic mass is 16.2. The van der Waals surface area contributed by atoms with Crippen LogP contribution in [0.1, 0.15) is 64.4 Å². The smallest absolute Gasteiger partial charge is 0.228 e. The van der Waals surface area contributed by atoms with Crippen LogP contribution in [-0.4, -0.2) is 70.3 Å². The van der Waals surface area contributed by atoms with Crippen molar-refractivity contribution in [3.8, 4) is 0 Å². The van der Waals surface area contributed by atoms with Crippen LogP contribution in [0.2, 0.25) is 0 Å². The molecule has 0 aliphatic carbocycles. The number of carbonyl (C=O) groups is 2. The van der Waals surface area contributed by atoms with Crippen LogP contribution in [0.4, 0.5) is 5.82 Å². The molecule has 0 N–H and O–H groups in total. The van der Waals surface area contributed by atoms with Gasteiger partial charge in [0.05, 0.1) is 5.92 Å². The van der Waals surface area contributed by atoms with E-state index in [4.69, 9.17) is 4.98 Å². The number of hydrogen-bond acceptors (Lipinski definition) is 5. The monoisotopic (exact) mass is 401 g/mol. The van der Waals surface area contributed by atoms with E-state index >= 15 is 0 Å². The fourth-order valence-corrected chi connectivity index (χ4v) is 4.39. The van der Waals surface area contributed by atoms with Crippen molar-refractivity contribution in [2.75, 3.05) is 37.6 Å². The number of piperazine rings is 1. The molecule has 2 amide bonds. The van der Waals surface area contributed by atoms with Gasteiger partial charge in [-0.2, -0.15) is 0 Å². The Balaban J connectivity index is 1.60. The van der Waals surface area contributed by atoms with Gasteiger partial charge in [-0.15, -0.1) is 0 Å². The van der Waals surface area contributed by atoms with Crippen molar-refractivity contribution in [2.24, 2.45) is 5.92 Å². The molecule has 0 spiro atoms. The molecular formula is C22H35N5O2. The average molecular weight is 402 g/mol. The highest BCUT2D eigenvalue weighted by Crippen LogP contribution is 2.26. The van der Waals surface area contributed by atoms with Crippen LogP contribution < -0.4 is 4.90 Å². The number of rotatable bonds is 6. The molecule has 2 aliphatic heterocycles. The number of likely N-dealkylation sites (tertiary alicyclic amines) is 1. The lowest BCUT2D eigenvalue weighted by molar-refractivity contribution is -0.136. The predicted octanol–water partition coefficient (Wildman–Crippen LogP) is 2.59. The quantitative estimate of drug-likeness (QED) is 0.733. The van der Waals surface area contributed by atoms with Gasteiger partial charge in [0.15, 0.2) is 0 Å². The number of aromatic nitrogens is 2. The van der Waals surface area contributed by atoms with Crippen LogP contribution in [0.15, 0.2) is 6.07 Å². The first-order valence-corrected chi connectivity index (χ1v) is 11.0. The molecule has 0 bridgehead atoms. The van der Waals surface area contributed by atoms with Crippen molar-refractivity contribution in [3.63, 3.8) is 0 Å². The summed E-state index contributed by atoms with van der Waals surface area (Å²) in [5.74, 6) is 2.17. The lowest BCUT2D eigenvalue weighted by Crippen LogP contribution is -2.51. The molecule has 1 aromatic rings. The van der Waals surface area contributed by atoms with Crippen molar-refractivity contribution < 1.29 is 9.59 Å². The van der Waals surface area contributed by atoms with Crippen molar-refractivity contribution in [3.05, 3.63) is 17.6 Å². The molecule has 0 saturated carbocycles. The van der Waals surface area contributed by atoms with Crippen LogP contribution in [0.25, 0.3) is 0 Å². The molecule has 1 atom stereocenters. The summed E-state index contributed by atoms with van der Waals surface area (Å²) < 4.78 is 0. The molecule has 7 nitrogen and oxygen atoms in total. The average Bonchev–Trinajstić information content (AvgIpc) is 3.09. The largest absolute Gasteiger partial charge is 0.353 e. The summed E-state index contributed by atoms with van der Waals surface area (Å²) in [6.07, 6.45) is 2.25. The van der Waals surface area contributed by atoms with Gasteiger partial charge in [0.1, 0.15) is 11.6 Å². The Kier molecular flexibility index (Phi) is 6.75. The van der Waals surface area contributed by atoms with E-state index in [2.05, 4.69) is 37.6 Å². The van der Waals surface area contributed by atoms with E-state index in [1.807, 2.05) is 22.8 Å². The molecule has 3 heterocycles. The van der Waals surface area contributed by atoms with Crippen LogP contribution >= 0.6 is 0 Å². The van der Waals surface area contributed by atoms with Crippen LogP contribution in [0, 0.1) is 12.8 Å². The molecule has 0 radical (unpaired) electrons. The van der Waals surface area contributed by atoms with Gasteiger partial charge < -0.3 is 14.7 Å². The highest BCUT2D eigenvalue weighted by Gasteiger charge is 2.39. The minimum absolute atomic E-state index is 0.133. The Labute approximate surface area is 174 Å². The zero-order chi connectivity index (χ0) is 21.1. The molecule has 29 heavy (non-hydrogen) atoms. The fraction of sp³-hybridized carbons (Fsp3) is 0.727. The zero-order valence-corrected chi connectivity index (χ0v) is 18.5. The van der Waals surface area contributed by atoms with Crippen molar-refractivity contribution >= 4 is 17.6 Å². The van der Waals surface area contributed by atoms with Gasteiger partial charge in [-0.3, -0.25) is 9.59 Å². The van der Waals surface area contributed by atoms with E-state index < -0.39 is 0 Å². The van der Waals surface area contributed by atoms with Gasteiger partial charge in [-0.05, 0) is 19.8 Å². The van der Waals surface area contributed by atoms with Gasteiger partial charge in [0.25, 0.3) is 0 Å². The van der Waals surface area contributed by atoms with Crippen molar-refractivity contribution in [2.45, 2.75) is 65.8 Å². The SMILES string of the molecule is CCC(CC)N1CC(C(=O)N2CCN(c3cc(C)nc(C(C)C)n3)CC2)CC1=O. The minimum atomic E-state index is -0.191. The number of amides is 2. The summed E-state index contributed by atoms with van der Waals surface area (Å²) in [6.45, 7) is 13.9. The van der Waals surface area contributed by atoms with E-state index in [9.17, 15) is 9.59 Å². The standard InChI is InChI=1S/C22H35N5O2/c1-6-18(7-2)27-14-17(13-20(27)28)22(29)26-10-8-25(9-11-26)19-12-16(5)23-21(24-19)15(3)4/h12,15,17-18H,6-11,13-14H2,1-5H3. The first kappa shape index (κ1) is 21.5. The molecule has 7 heteroatoms. The Morgan fingerprint density at radius 2 is 1.79 bits per heavy atom. The van der Waals surface area contributed by atoms with Gasteiger partial charge in [-0.25, -0.2) is 9.97 Å². The number of nitrogens with zero attached hydrogens (tertiary/aromatic N) is 5. The lowest BCUT2D eigenvalue weighted by Gasteiger charge is -2.36. The van der Waals surface area contributed by atoms with Gasteiger partial charge in [-0.1, -0.05) is 27.7 Å². The van der Waals surface area contributed by atoms with Crippen molar-refractivity contribution in [1.29, 1.82) is 0 Å². The Morgan fingerprint density at radius 1 is 1.14 bits per heavy atom. The molecule has 2 saturated heterocycles. The molecule has 2 aliphatic rings. The number of carbonyl (C=O) groups excluding carboxylic acids is 2. The Bertz CT molecular complexity index is 739.